The molecule has 0 atom stereocenters. The normalized spacial score (nSPS) is 11.7. The fourth-order valence-corrected chi connectivity index (χ4v) is 5.89. The maximum atomic E-state index is 13.9. The summed E-state index contributed by atoms with van der Waals surface area (Å²) in [4.78, 5) is 21.9. The highest BCUT2D eigenvalue weighted by atomic mass is 31.2. The van der Waals surface area contributed by atoms with E-state index in [1.807, 2.05) is 13.8 Å². The number of carbonyl (C=O) groups is 1. The lowest BCUT2D eigenvalue weighted by Gasteiger charge is -2.20. The van der Waals surface area contributed by atoms with Crippen LogP contribution in [0.5, 0.6) is 5.75 Å². The van der Waals surface area contributed by atoms with Crippen molar-refractivity contribution < 1.29 is 36.3 Å². The molecule has 0 fully saturated rings. The lowest BCUT2D eigenvalue weighted by molar-refractivity contribution is -0.137. The number of halogens is 3. The van der Waals surface area contributed by atoms with Gasteiger partial charge in [0.2, 0.25) is 5.95 Å². The van der Waals surface area contributed by atoms with Gasteiger partial charge >= 0.3 is 14.1 Å². The number of methoxy groups -OCH3 is 1. The highest BCUT2D eigenvalue weighted by molar-refractivity contribution is 7.60. The summed E-state index contributed by atoms with van der Waals surface area (Å²) >= 11 is 0. The Kier molecular flexibility index (Phi) is 10.9. The summed E-state index contributed by atoms with van der Waals surface area (Å²) < 4.78 is 64.4. The summed E-state index contributed by atoms with van der Waals surface area (Å²) in [6.07, 6.45) is -3.72. The highest BCUT2D eigenvalue weighted by Gasteiger charge is 2.43. The lowest BCUT2D eigenvalue weighted by atomic mass is 10.1. The quantitative estimate of drug-likeness (QED) is 0.209. The zero-order valence-corrected chi connectivity index (χ0v) is 24.6. The number of rotatable bonds is 13. The predicted molar refractivity (Wildman–Crippen MR) is 152 cm³/mol. The van der Waals surface area contributed by atoms with Crippen LogP contribution in [0.1, 0.15) is 35.3 Å². The second-order valence-electron chi connectivity index (χ2n) is 8.77. The minimum atomic E-state index is -4.75. The second-order valence-corrected chi connectivity index (χ2v) is 11.2. The molecule has 0 aliphatic rings. The molecule has 2 N–H and O–H groups in total. The van der Waals surface area contributed by atoms with E-state index in [1.54, 1.807) is 44.4 Å². The van der Waals surface area contributed by atoms with E-state index in [0.717, 1.165) is 5.56 Å². The number of para-hydroxylation sites is 1. The van der Waals surface area contributed by atoms with Gasteiger partial charge in [-0.2, -0.15) is 31.7 Å². The summed E-state index contributed by atoms with van der Waals surface area (Å²) in [5.74, 6) is -0.629. The lowest BCUT2D eigenvalue weighted by Crippen LogP contribution is -2.23. The number of nitrogens with zero attached hydrogens (tertiary/aromatic N) is 3. The number of ether oxygens (including phenoxy) is 1. The first kappa shape index (κ1) is 32.0. The van der Waals surface area contributed by atoms with Gasteiger partial charge in [0.15, 0.2) is 6.16 Å². The number of benzene rings is 2. The Balaban J connectivity index is 1.96. The summed E-state index contributed by atoms with van der Waals surface area (Å²) in [5, 5.41) is 5.60. The monoisotopic (exact) mass is 596 g/mol. The third-order valence-electron chi connectivity index (χ3n) is 5.73. The molecule has 41 heavy (non-hydrogen) atoms. The van der Waals surface area contributed by atoms with Gasteiger partial charge in [-0.3, -0.25) is 4.79 Å². The molecule has 0 unspecified atom stereocenters. The van der Waals surface area contributed by atoms with E-state index < -0.39 is 25.5 Å². The van der Waals surface area contributed by atoms with Crippen molar-refractivity contribution in [2.45, 2.75) is 26.2 Å². The largest absolute Gasteiger partial charge is 0.495 e. The van der Waals surface area contributed by atoms with Crippen molar-refractivity contribution in [3.63, 3.8) is 0 Å². The first-order valence-corrected chi connectivity index (χ1v) is 14.4. The zero-order chi connectivity index (χ0) is 30.2. The van der Waals surface area contributed by atoms with E-state index in [1.165, 1.54) is 31.3 Å². The molecule has 1 heterocycles. The third-order valence-corrected chi connectivity index (χ3v) is 8.34. The van der Waals surface area contributed by atoms with Crippen LogP contribution in [0.25, 0.3) is 0 Å². The Morgan fingerprint density at radius 1 is 1.00 bits per heavy atom. The van der Waals surface area contributed by atoms with Gasteiger partial charge in [0.1, 0.15) is 17.1 Å². The van der Waals surface area contributed by atoms with E-state index in [2.05, 4.69) is 20.6 Å². The fraction of sp³-hybridized carbons (Fsp3) is 0.370. The fourth-order valence-electron chi connectivity index (χ4n) is 3.87. The van der Waals surface area contributed by atoms with Crippen LogP contribution in [0.15, 0.2) is 48.7 Å². The van der Waals surface area contributed by atoms with Gasteiger partial charge in [-0.1, -0.05) is 18.2 Å². The van der Waals surface area contributed by atoms with Crippen LogP contribution in [0.3, 0.4) is 0 Å². The summed E-state index contributed by atoms with van der Waals surface area (Å²) in [6, 6.07) is 11.5. The van der Waals surface area contributed by atoms with Crippen LogP contribution in [-0.2, 0) is 25.9 Å². The van der Waals surface area contributed by atoms with Gasteiger partial charge in [0.25, 0.3) is 5.91 Å². The molecule has 0 aliphatic carbocycles. The summed E-state index contributed by atoms with van der Waals surface area (Å²) in [6.45, 7) is 4.53. The Bertz CT molecular complexity index is 1340. The van der Waals surface area contributed by atoms with Gasteiger partial charge in [-0.15, -0.1) is 0 Å². The molecule has 0 aliphatic heterocycles. The first-order chi connectivity index (χ1) is 19.5. The Labute approximate surface area is 237 Å². The molecule has 0 saturated heterocycles. The van der Waals surface area contributed by atoms with Crippen LogP contribution in [-0.4, -0.2) is 62.3 Å². The molecule has 3 aromatic rings. The number of anilines is 4. The Hall–Kier alpha value is -3.51. The Morgan fingerprint density at radius 3 is 2.27 bits per heavy atom. The maximum Gasteiger partial charge on any atom is 0.421 e. The molecule has 1 amide bonds. The smallest absolute Gasteiger partial charge is 0.421 e. The number of carbonyl (C=O) groups excluding carboxylic acids is 1. The van der Waals surface area contributed by atoms with E-state index in [-0.39, 0.29) is 23.1 Å². The molecule has 0 spiro atoms. The van der Waals surface area contributed by atoms with Gasteiger partial charge in [-0.25, -0.2) is 4.98 Å². The minimum absolute atomic E-state index is 0.120. The zero-order valence-electron chi connectivity index (χ0n) is 23.7. The van der Waals surface area contributed by atoms with Crippen molar-refractivity contribution in [3.05, 3.63) is 65.4 Å². The number of amides is 1. The van der Waals surface area contributed by atoms with Crippen molar-refractivity contribution in [2.75, 3.05) is 52.2 Å². The number of hydrogen-bond donors (Lipinski definition) is 2. The van der Waals surface area contributed by atoms with Crippen LogP contribution in [0.2, 0.25) is 0 Å². The average molecular weight is 597 g/mol. The van der Waals surface area contributed by atoms with E-state index in [9.17, 15) is 18.0 Å². The topological polar surface area (TPSA) is 107 Å². The summed E-state index contributed by atoms with van der Waals surface area (Å²) in [7, 11) is 3.47. The van der Waals surface area contributed by atoms with Crippen LogP contribution < -0.4 is 15.4 Å². The van der Waals surface area contributed by atoms with E-state index in [0.29, 0.717) is 37.0 Å². The first-order valence-electron chi connectivity index (χ1n) is 12.7. The second kappa shape index (κ2) is 13.9. The molecule has 2 aromatic carbocycles. The number of aromatic nitrogens is 2. The molecular weight excluding hydrogens is 562 g/mol. The van der Waals surface area contributed by atoms with Gasteiger partial charge in [0.05, 0.1) is 44.4 Å². The van der Waals surface area contributed by atoms with Crippen molar-refractivity contribution in [2.24, 2.45) is 0 Å². The molecule has 222 valence electrons. The standard InChI is InChI=1S/C27H33F3N5O5P/c1-7-39-41(38-6,40-8-2)17-18-13-14-22(23(15-18)37-5)33-26-31-16-20(27(28,29)30)24(34-26)32-21-12-10-9-11-19(21)25(36)35(3)4/h9-16H,7-8,17H2,1-6H3,(H-,31,32,33,34,36)/p+1. The average Bonchev–Trinajstić information content (AvgIpc) is 2.93. The molecular formula is C27H34F3N5O5P+. The van der Waals surface area contributed by atoms with Crippen LogP contribution >= 0.6 is 7.94 Å². The van der Waals surface area contributed by atoms with Crippen molar-refractivity contribution in [1.29, 1.82) is 0 Å². The predicted octanol–water partition coefficient (Wildman–Crippen LogP) is 6.68. The maximum absolute atomic E-state index is 13.9. The third kappa shape index (κ3) is 8.04. The molecule has 3 rings (SSSR count). The van der Waals surface area contributed by atoms with Gasteiger partial charge in [0, 0.05) is 25.9 Å². The van der Waals surface area contributed by atoms with E-state index in [4.69, 9.17) is 18.3 Å². The van der Waals surface area contributed by atoms with Crippen molar-refractivity contribution in [3.8, 4) is 5.75 Å². The van der Waals surface area contributed by atoms with Gasteiger partial charge < -0.3 is 20.3 Å². The molecule has 10 nitrogen and oxygen atoms in total. The van der Waals surface area contributed by atoms with Gasteiger partial charge in [-0.05, 0) is 38.1 Å². The number of nitrogens with one attached hydrogen (secondary N) is 2. The number of alkyl halides is 3. The van der Waals surface area contributed by atoms with Crippen LogP contribution in [0, 0.1) is 0 Å². The summed E-state index contributed by atoms with van der Waals surface area (Å²) in [5.41, 5.74) is 0.479. The molecule has 0 bridgehead atoms. The molecule has 0 saturated carbocycles. The molecule has 14 heteroatoms. The van der Waals surface area contributed by atoms with Crippen LogP contribution in [0.4, 0.5) is 36.3 Å². The van der Waals surface area contributed by atoms with E-state index >= 15 is 0 Å². The highest BCUT2D eigenvalue weighted by Crippen LogP contribution is 2.64. The minimum Gasteiger partial charge on any atom is -0.495 e. The Morgan fingerprint density at radius 2 is 1.68 bits per heavy atom. The van der Waals surface area contributed by atoms with Crippen molar-refractivity contribution in [1.82, 2.24) is 14.9 Å². The van der Waals surface area contributed by atoms with Crippen molar-refractivity contribution >= 4 is 37.0 Å². The SMILES string of the molecule is CCO[P+](Cc1ccc(Nc2ncc(C(F)(F)F)c(Nc3ccccc3C(=O)N(C)C)n2)c(OC)c1)(OC)OCC. The molecule has 1 aromatic heterocycles. The molecule has 0 radical (unpaired) electrons. The number of hydrogen-bond acceptors (Lipinski definition) is 9.